The average Bonchev–Trinajstić information content (AvgIpc) is 2.88. The molecule has 1 fully saturated rings. The summed E-state index contributed by atoms with van der Waals surface area (Å²) in [5.41, 5.74) is 3.22. The van der Waals surface area contributed by atoms with Crippen LogP contribution in [0.15, 0.2) is 42.5 Å². The number of amides is 4. The van der Waals surface area contributed by atoms with Crippen LogP contribution >= 0.6 is 0 Å². The van der Waals surface area contributed by atoms with E-state index in [1.165, 1.54) is 5.56 Å². The topological polar surface area (TPSA) is 114 Å². The number of carbonyl (C=O) groups excluding carboxylic acids is 3. The summed E-state index contributed by atoms with van der Waals surface area (Å²) in [4.78, 5) is 39.2. The summed E-state index contributed by atoms with van der Waals surface area (Å²) in [6.07, 6.45) is 2.10. The number of aryl methyl sites for hydroxylation is 1. The Kier molecular flexibility index (Phi) is 8.70. The number of nitriles is 1. The maximum Gasteiger partial charge on any atom is 0.319 e. The zero-order chi connectivity index (χ0) is 26.3. The normalized spacial score (nSPS) is 14.0. The van der Waals surface area contributed by atoms with Crippen LogP contribution in [0.1, 0.15) is 73.0 Å². The summed E-state index contributed by atoms with van der Waals surface area (Å²) < 4.78 is 0. The van der Waals surface area contributed by atoms with Crippen molar-refractivity contribution in [3.05, 3.63) is 64.7 Å². The minimum absolute atomic E-state index is 0.0554. The van der Waals surface area contributed by atoms with Crippen LogP contribution in [0.3, 0.4) is 0 Å². The molecule has 1 heterocycles. The van der Waals surface area contributed by atoms with Gasteiger partial charge in [-0.1, -0.05) is 25.1 Å². The van der Waals surface area contributed by atoms with Crippen molar-refractivity contribution in [1.82, 2.24) is 15.5 Å². The monoisotopic (exact) mass is 489 g/mol. The third kappa shape index (κ3) is 7.08. The highest BCUT2D eigenvalue weighted by Gasteiger charge is 2.25. The van der Waals surface area contributed by atoms with Crippen LogP contribution in [-0.2, 0) is 4.79 Å². The maximum absolute atomic E-state index is 13.2. The Balaban J connectivity index is 1.57. The summed E-state index contributed by atoms with van der Waals surface area (Å²) in [6, 6.07) is 14.8. The number of nitrogens with zero attached hydrogens (tertiary/aromatic N) is 2. The minimum atomic E-state index is -0.582. The maximum atomic E-state index is 13.2. The summed E-state index contributed by atoms with van der Waals surface area (Å²) in [6.45, 7) is 8.90. The van der Waals surface area contributed by atoms with E-state index in [9.17, 15) is 14.4 Å². The van der Waals surface area contributed by atoms with Crippen molar-refractivity contribution in [3.8, 4) is 6.07 Å². The molecule has 0 unspecified atom stereocenters. The number of urea groups is 1. The van der Waals surface area contributed by atoms with Crippen LogP contribution in [0.25, 0.3) is 0 Å². The average molecular weight is 490 g/mol. The van der Waals surface area contributed by atoms with Gasteiger partial charge in [0.25, 0.3) is 5.91 Å². The molecule has 1 aliphatic rings. The molecule has 0 atom stereocenters. The lowest BCUT2D eigenvalue weighted by atomic mass is 9.89. The number of anilines is 1. The molecule has 8 heteroatoms. The largest absolute Gasteiger partial charge is 0.349 e. The van der Waals surface area contributed by atoms with Gasteiger partial charge in [-0.25, -0.2) is 4.79 Å². The van der Waals surface area contributed by atoms with Gasteiger partial charge in [0.2, 0.25) is 5.91 Å². The third-order valence-electron chi connectivity index (χ3n) is 6.52. The number of piperidine rings is 1. The van der Waals surface area contributed by atoms with E-state index < -0.39 is 11.6 Å². The first-order chi connectivity index (χ1) is 17.1. The van der Waals surface area contributed by atoms with Gasteiger partial charge in [0.1, 0.15) is 0 Å². The van der Waals surface area contributed by atoms with Gasteiger partial charge in [0, 0.05) is 37.3 Å². The van der Waals surface area contributed by atoms with Gasteiger partial charge in [-0.2, -0.15) is 5.26 Å². The fraction of sp³-hybridized carbons (Fsp3) is 0.429. The molecule has 4 amide bonds. The van der Waals surface area contributed by atoms with Crippen LogP contribution in [-0.4, -0.2) is 47.9 Å². The van der Waals surface area contributed by atoms with E-state index >= 15 is 0 Å². The predicted molar refractivity (Wildman–Crippen MR) is 140 cm³/mol. The van der Waals surface area contributed by atoms with E-state index in [1.807, 2.05) is 56.0 Å². The summed E-state index contributed by atoms with van der Waals surface area (Å²) in [5.74, 6) is 0.234. The molecule has 0 spiro atoms. The van der Waals surface area contributed by atoms with E-state index in [4.69, 9.17) is 5.26 Å². The number of benzene rings is 2. The highest BCUT2D eigenvalue weighted by Crippen LogP contribution is 2.29. The third-order valence-corrected chi connectivity index (χ3v) is 6.52. The number of rotatable bonds is 7. The highest BCUT2D eigenvalue weighted by molar-refractivity contribution is 5.97. The van der Waals surface area contributed by atoms with Crippen molar-refractivity contribution in [1.29, 1.82) is 5.26 Å². The SMILES string of the molecule is CCC(=O)NC(C)(C)CNC(=O)Nc1cc(C(=O)N2CCC(c3ccc(C#N)cc3)CC2)ccc1C. The molecular weight excluding hydrogens is 454 g/mol. The van der Waals surface area contributed by atoms with Crippen molar-refractivity contribution < 1.29 is 14.4 Å². The van der Waals surface area contributed by atoms with E-state index in [0.29, 0.717) is 42.2 Å². The molecule has 190 valence electrons. The highest BCUT2D eigenvalue weighted by atomic mass is 16.2. The van der Waals surface area contributed by atoms with Crippen molar-refractivity contribution in [2.45, 2.75) is 58.4 Å². The number of hydrogen-bond acceptors (Lipinski definition) is 4. The molecule has 0 aliphatic carbocycles. The molecule has 0 saturated carbocycles. The fourth-order valence-electron chi connectivity index (χ4n) is 4.30. The molecule has 1 aliphatic heterocycles. The molecular formula is C28H35N5O3. The first kappa shape index (κ1) is 26.7. The Morgan fingerprint density at radius 3 is 2.36 bits per heavy atom. The molecule has 1 saturated heterocycles. The molecule has 8 nitrogen and oxygen atoms in total. The zero-order valence-corrected chi connectivity index (χ0v) is 21.5. The molecule has 2 aromatic rings. The Labute approximate surface area is 213 Å². The zero-order valence-electron chi connectivity index (χ0n) is 21.5. The van der Waals surface area contributed by atoms with Crippen molar-refractivity contribution in [3.63, 3.8) is 0 Å². The summed E-state index contributed by atoms with van der Waals surface area (Å²) in [5, 5.41) is 17.5. The second-order valence-electron chi connectivity index (χ2n) is 9.92. The molecule has 2 aromatic carbocycles. The smallest absolute Gasteiger partial charge is 0.319 e. The van der Waals surface area contributed by atoms with Crippen molar-refractivity contribution in [2.75, 3.05) is 25.0 Å². The Morgan fingerprint density at radius 2 is 1.75 bits per heavy atom. The van der Waals surface area contributed by atoms with Gasteiger partial charge in [0.05, 0.1) is 17.2 Å². The van der Waals surface area contributed by atoms with E-state index in [1.54, 1.807) is 19.1 Å². The lowest BCUT2D eigenvalue weighted by molar-refractivity contribution is -0.122. The molecule has 36 heavy (non-hydrogen) atoms. The van der Waals surface area contributed by atoms with E-state index in [0.717, 1.165) is 18.4 Å². The van der Waals surface area contributed by atoms with Crippen LogP contribution in [0.5, 0.6) is 0 Å². The predicted octanol–water partition coefficient (Wildman–Crippen LogP) is 4.31. The van der Waals surface area contributed by atoms with Crippen LogP contribution in [0, 0.1) is 18.3 Å². The van der Waals surface area contributed by atoms with Gasteiger partial charge < -0.3 is 20.9 Å². The molecule has 0 radical (unpaired) electrons. The van der Waals surface area contributed by atoms with Gasteiger partial charge in [-0.05, 0) is 74.9 Å². The first-order valence-electron chi connectivity index (χ1n) is 12.4. The first-order valence-corrected chi connectivity index (χ1v) is 12.4. The minimum Gasteiger partial charge on any atom is -0.349 e. The standard InChI is InChI=1S/C28H35N5O3/c1-5-25(34)32-28(3,4)18-30-27(36)31-24-16-23(9-6-19(24)2)26(35)33-14-12-22(13-15-33)21-10-7-20(17-29)8-11-21/h6-11,16,22H,5,12-15,18H2,1-4H3,(H,32,34)(H2,30,31,36). The second kappa shape index (κ2) is 11.7. The molecule has 0 bridgehead atoms. The number of likely N-dealkylation sites (tertiary alicyclic amines) is 1. The van der Waals surface area contributed by atoms with Crippen LogP contribution in [0.4, 0.5) is 10.5 Å². The quantitative estimate of drug-likeness (QED) is 0.537. The number of hydrogen-bond donors (Lipinski definition) is 3. The van der Waals surface area contributed by atoms with Crippen molar-refractivity contribution in [2.24, 2.45) is 0 Å². The molecule has 3 rings (SSSR count). The van der Waals surface area contributed by atoms with Crippen molar-refractivity contribution >= 4 is 23.5 Å². The van der Waals surface area contributed by atoms with Gasteiger partial charge in [-0.15, -0.1) is 0 Å². The lowest BCUT2D eigenvalue weighted by Crippen LogP contribution is -2.51. The molecule has 0 aromatic heterocycles. The van der Waals surface area contributed by atoms with Gasteiger partial charge in [0.15, 0.2) is 0 Å². The number of carbonyl (C=O) groups is 3. The van der Waals surface area contributed by atoms with Gasteiger partial charge in [-0.3, -0.25) is 9.59 Å². The Bertz CT molecular complexity index is 1140. The van der Waals surface area contributed by atoms with Crippen LogP contribution < -0.4 is 16.0 Å². The lowest BCUT2D eigenvalue weighted by Gasteiger charge is -2.32. The summed E-state index contributed by atoms with van der Waals surface area (Å²) in [7, 11) is 0. The number of nitrogens with one attached hydrogen (secondary N) is 3. The second-order valence-corrected chi connectivity index (χ2v) is 9.92. The Morgan fingerprint density at radius 1 is 1.08 bits per heavy atom. The fourth-order valence-corrected chi connectivity index (χ4v) is 4.30. The van der Waals surface area contributed by atoms with E-state index in [2.05, 4.69) is 22.0 Å². The molecule has 3 N–H and O–H groups in total. The summed E-state index contributed by atoms with van der Waals surface area (Å²) >= 11 is 0. The van der Waals surface area contributed by atoms with E-state index in [-0.39, 0.29) is 18.4 Å². The van der Waals surface area contributed by atoms with Crippen LogP contribution in [0.2, 0.25) is 0 Å². The van der Waals surface area contributed by atoms with Gasteiger partial charge >= 0.3 is 6.03 Å². The Hall–Kier alpha value is -3.86.